The second-order valence-corrected chi connectivity index (χ2v) is 15.6. The summed E-state index contributed by atoms with van der Waals surface area (Å²) >= 11 is 0. The summed E-state index contributed by atoms with van der Waals surface area (Å²) in [5.41, 5.74) is 5.55. The predicted octanol–water partition coefficient (Wildman–Crippen LogP) is 6.03. The Bertz CT molecular complexity index is 2090. The minimum absolute atomic E-state index is 0.222. The maximum atomic E-state index is 12.6. The Morgan fingerprint density at radius 3 is 0.650 bits per heavy atom. The van der Waals surface area contributed by atoms with Crippen LogP contribution in [0.2, 0.25) is 0 Å². The molecule has 8 bridgehead atoms. The van der Waals surface area contributed by atoms with Crippen LogP contribution in [-0.2, 0) is 44.9 Å². The normalized spacial score (nSPS) is 19.9. The fourth-order valence-corrected chi connectivity index (χ4v) is 9.44. The number of benzene rings is 4. The second-order valence-electron chi connectivity index (χ2n) is 15.6. The Morgan fingerprint density at radius 2 is 0.517 bits per heavy atom. The van der Waals surface area contributed by atoms with Crippen molar-refractivity contribution in [2.75, 3.05) is 27.2 Å². The fraction of sp³-hybridized carbons (Fsp3) is 0.364. The van der Waals surface area contributed by atoms with Gasteiger partial charge >= 0.3 is 23.9 Å². The molecule has 4 heterocycles. The van der Waals surface area contributed by atoms with Gasteiger partial charge in [-0.3, -0.25) is 19.2 Å². The molecule has 0 saturated heterocycles. The number of hydrogen-bond donors (Lipinski definition) is 4. The molecule has 4 aliphatic heterocycles. The average Bonchev–Trinajstić information content (AvgIpc) is 3.16. The summed E-state index contributed by atoms with van der Waals surface area (Å²) in [5.74, 6) is -5.30. The van der Waals surface area contributed by atoms with Gasteiger partial charge < -0.3 is 58.3 Å². The van der Waals surface area contributed by atoms with Gasteiger partial charge in [-0.15, -0.1) is 0 Å². The van der Waals surface area contributed by atoms with Crippen LogP contribution in [0.4, 0.5) is 0 Å². The van der Waals surface area contributed by atoms with E-state index in [1.807, 2.05) is 52.0 Å². The molecule has 0 fully saturated rings. The first-order chi connectivity index (χ1) is 28.7. The number of carboxylic acid groups (broad SMARTS) is 4. The van der Waals surface area contributed by atoms with Gasteiger partial charge in [-0.05, 0) is 24.3 Å². The van der Waals surface area contributed by atoms with E-state index in [0.717, 1.165) is 0 Å². The van der Waals surface area contributed by atoms with E-state index in [9.17, 15) is 39.6 Å². The lowest BCUT2D eigenvalue weighted by Gasteiger charge is -2.35. The second kappa shape index (κ2) is 14.5. The van der Waals surface area contributed by atoms with Crippen molar-refractivity contribution in [2.24, 2.45) is 0 Å². The van der Waals surface area contributed by atoms with E-state index < -0.39 is 100 Å². The summed E-state index contributed by atoms with van der Waals surface area (Å²) < 4.78 is 50.3. The molecule has 9 rings (SSSR count). The zero-order valence-corrected chi connectivity index (χ0v) is 33.0. The van der Waals surface area contributed by atoms with Crippen LogP contribution in [0.3, 0.4) is 0 Å². The highest BCUT2D eigenvalue weighted by Crippen LogP contribution is 2.56. The van der Waals surface area contributed by atoms with Crippen molar-refractivity contribution >= 4 is 23.9 Å². The van der Waals surface area contributed by atoms with Gasteiger partial charge in [0.1, 0.15) is 46.0 Å². The smallest absolute Gasteiger partial charge is 0.308 e. The number of aliphatic carboxylic acids is 4. The van der Waals surface area contributed by atoms with Crippen LogP contribution in [0.1, 0.15) is 118 Å². The number of carboxylic acids is 4. The van der Waals surface area contributed by atoms with Crippen LogP contribution in [0, 0.1) is 0 Å². The molecule has 4 aromatic carbocycles. The SMILES string of the molecule is CC1c2cc3c4c(CC(=O)O)c2OCOc2c1cc1c(c2CC(=O)O)OCOc2c(cc5c(c2CC(=O)O)OCOc2c(cc(c(c2CC(=O)O)OCO4)C3C)C5C)C1C. The van der Waals surface area contributed by atoms with Gasteiger partial charge in [0.05, 0.1) is 25.7 Å². The molecule has 0 unspecified atom stereocenters. The average molecular weight is 825 g/mol. The summed E-state index contributed by atoms with van der Waals surface area (Å²) in [7, 11) is 0. The zero-order chi connectivity index (χ0) is 42.3. The Morgan fingerprint density at radius 1 is 0.367 bits per heavy atom. The van der Waals surface area contributed by atoms with Crippen molar-refractivity contribution in [3.8, 4) is 46.0 Å². The highest BCUT2D eigenvalue weighted by molar-refractivity contribution is 5.80. The van der Waals surface area contributed by atoms with Crippen molar-refractivity contribution in [1.29, 1.82) is 0 Å². The van der Waals surface area contributed by atoms with E-state index in [1.165, 1.54) is 0 Å². The minimum Gasteiger partial charge on any atom is -0.481 e. The first kappa shape index (κ1) is 38.7. The molecule has 0 saturated carbocycles. The topological polar surface area (TPSA) is 223 Å². The van der Waals surface area contributed by atoms with E-state index in [-0.39, 0.29) is 68.2 Å². The molecule has 5 aliphatic rings. The molecule has 0 amide bonds. The lowest BCUT2D eigenvalue weighted by Crippen LogP contribution is -2.25. The molecule has 4 aromatic rings. The van der Waals surface area contributed by atoms with Crippen molar-refractivity contribution < 1.29 is 77.5 Å². The number of rotatable bonds is 8. The van der Waals surface area contributed by atoms with Crippen molar-refractivity contribution in [3.05, 3.63) is 91.0 Å². The van der Waals surface area contributed by atoms with E-state index in [4.69, 9.17) is 37.9 Å². The maximum Gasteiger partial charge on any atom is 0.308 e. The molecule has 0 spiro atoms. The maximum absolute atomic E-state index is 12.6. The molecule has 0 aromatic heterocycles. The third-order valence-electron chi connectivity index (χ3n) is 12.2. The molecule has 1 aliphatic carbocycles. The molecule has 4 N–H and O–H groups in total. The molecule has 16 heteroatoms. The quantitative estimate of drug-likeness (QED) is 0.159. The van der Waals surface area contributed by atoms with Crippen LogP contribution in [0.5, 0.6) is 46.0 Å². The molecular formula is C44H40O16. The Hall–Kier alpha value is -6.84. The monoisotopic (exact) mass is 824 g/mol. The molecule has 0 radical (unpaired) electrons. The van der Waals surface area contributed by atoms with Crippen LogP contribution < -0.4 is 37.9 Å². The third-order valence-corrected chi connectivity index (χ3v) is 12.2. The van der Waals surface area contributed by atoms with Gasteiger partial charge in [0.15, 0.2) is 0 Å². The number of ether oxygens (including phenoxy) is 8. The first-order valence-electron chi connectivity index (χ1n) is 19.4. The van der Waals surface area contributed by atoms with Crippen molar-refractivity contribution in [1.82, 2.24) is 0 Å². The van der Waals surface area contributed by atoms with Gasteiger partial charge in [-0.2, -0.15) is 0 Å². The first-order valence-corrected chi connectivity index (χ1v) is 19.4. The molecule has 0 atom stereocenters. The lowest BCUT2D eigenvalue weighted by molar-refractivity contribution is -0.137. The Labute approximate surface area is 342 Å². The van der Waals surface area contributed by atoms with E-state index in [1.54, 1.807) is 0 Å². The Kier molecular flexibility index (Phi) is 9.32. The highest BCUT2D eigenvalue weighted by Gasteiger charge is 2.40. The van der Waals surface area contributed by atoms with Crippen LogP contribution in [0.25, 0.3) is 0 Å². The van der Waals surface area contributed by atoms with Gasteiger partial charge in [-0.25, -0.2) is 0 Å². The number of carbonyl (C=O) groups is 4. The summed E-state index contributed by atoms with van der Waals surface area (Å²) in [6.45, 7) is 5.82. The predicted molar refractivity (Wildman–Crippen MR) is 206 cm³/mol. The Balaban J connectivity index is 1.46. The van der Waals surface area contributed by atoms with E-state index in [0.29, 0.717) is 44.5 Å². The van der Waals surface area contributed by atoms with Gasteiger partial charge in [-0.1, -0.05) is 27.7 Å². The lowest BCUT2D eigenvalue weighted by atomic mass is 9.77. The van der Waals surface area contributed by atoms with Crippen molar-refractivity contribution in [3.63, 3.8) is 0 Å². The summed E-state index contributed by atoms with van der Waals surface area (Å²) in [4.78, 5) is 50.3. The molecule has 16 nitrogen and oxygen atoms in total. The fourth-order valence-electron chi connectivity index (χ4n) is 9.44. The zero-order valence-electron chi connectivity index (χ0n) is 33.0. The van der Waals surface area contributed by atoms with Gasteiger partial charge in [0, 0.05) is 90.4 Å². The van der Waals surface area contributed by atoms with Crippen molar-refractivity contribution in [2.45, 2.75) is 77.0 Å². The standard InChI is InChI=1S/C44H40O16/c1-17-21-5-23-18(2)25-7-27-20(4)28-8-26-19(3)24-6-22(17)38-30(10-34(47)48)40(24)56-15-58-42(26)32(12-36(51)52)44(28)60-16-59-43(27)31(11-35(49)50)41(25)57-14-55-39(23)29(9-33(45)46)37(21)53-13-54-38/h5-8,17-20H,9-16H2,1-4H3,(H,45,46)(H,47,48)(H,49,50)(H,51,52). The minimum atomic E-state index is -1.15. The molecule has 312 valence electrons. The number of hydrogen-bond acceptors (Lipinski definition) is 12. The van der Waals surface area contributed by atoms with Gasteiger partial charge in [0.25, 0.3) is 0 Å². The summed E-state index contributed by atoms with van der Waals surface area (Å²) in [6.07, 6.45) is -1.99. The van der Waals surface area contributed by atoms with E-state index >= 15 is 0 Å². The van der Waals surface area contributed by atoms with Crippen LogP contribution in [0.15, 0.2) is 24.3 Å². The van der Waals surface area contributed by atoms with Crippen LogP contribution >= 0.6 is 0 Å². The van der Waals surface area contributed by atoms with E-state index in [2.05, 4.69) is 0 Å². The third kappa shape index (κ3) is 6.11. The van der Waals surface area contributed by atoms with Gasteiger partial charge in [0.2, 0.25) is 27.2 Å². The largest absolute Gasteiger partial charge is 0.481 e. The van der Waals surface area contributed by atoms with Crippen LogP contribution in [-0.4, -0.2) is 71.5 Å². The summed E-state index contributed by atoms with van der Waals surface area (Å²) in [6, 6.07) is 7.56. The molecular weight excluding hydrogens is 784 g/mol. The highest BCUT2D eigenvalue weighted by atomic mass is 16.7. The molecule has 60 heavy (non-hydrogen) atoms. The summed E-state index contributed by atoms with van der Waals surface area (Å²) in [5, 5.41) is 41.1.